The lowest BCUT2D eigenvalue weighted by Gasteiger charge is -2.05. The molecule has 0 spiro atoms. The van der Waals surface area contributed by atoms with Crippen LogP contribution < -0.4 is 4.72 Å². The van der Waals surface area contributed by atoms with Crippen molar-refractivity contribution < 1.29 is 8.76 Å². The van der Waals surface area contributed by atoms with E-state index in [9.17, 15) is 8.76 Å². The second-order valence-corrected chi connectivity index (χ2v) is 2.23. The third-order valence-corrected chi connectivity index (χ3v) is 1.23. The second kappa shape index (κ2) is 3.28. The van der Waals surface area contributed by atoms with Crippen LogP contribution >= 0.6 is 0 Å². The van der Waals surface area contributed by atoms with E-state index < -0.39 is 11.3 Å². The van der Waals surface area contributed by atoms with Gasteiger partial charge in [-0.1, -0.05) is 6.07 Å². The highest BCUT2D eigenvalue weighted by Gasteiger charge is 1.86. The van der Waals surface area contributed by atoms with Crippen LogP contribution in [0.25, 0.3) is 0 Å². The molecular weight excluding hydrogens is 152 g/mol. The Hall–Kier alpha value is -0.940. The van der Waals surface area contributed by atoms with Crippen molar-refractivity contribution in [2.24, 2.45) is 0 Å². The molecular formula is C5H5N2O2S-. The molecule has 0 aliphatic rings. The highest BCUT2D eigenvalue weighted by molar-refractivity contribution is 7.80. The SMILES string of the molecule is O=S([O-])Nc1ccccn1. The molecule has 0 bridgehead atoms. The zero-order valence-electron chi connectivity index (χ0n) is 4.98. The van der Waals surface area contributed by atoms with Crippen LogP contribution in [0.4, 0.5) is 5.82 Å². The van der Waals surface area contributed by atoms with Crippen molar-refractivity contribution >= 4 is 17.1 Å². The van der Waals surface area contributed by atoms with Gasteiger partial charge in [0.15, 0.2) is 0 Å². The van der Waals surface area contributed by atoms with Crippen LogP contribution in [0.5, 0.6) is 0 Å². The molecule has 1 unspecified atom stereocenters. The van der Waals surface area contributed by atoms with Gasteiger partial charge in [0.2, 0.25) is 0 Å². The van der Waals surface area contributed by atoms with E-state index in [0.717, 1.165) is 0 Å². The number of rotatable bonds is 2. The summed E-state index contributed by atoms with van der Waals surface area (Å²) in [4.78, 5) is 3.71. The van der Waals surface area contributed by atoms with E-state index in [1.807, 2.05) is 0 Å². The van der Waals surface area contributed by atoms with Crippen LogP contribution in [0.2, 0.25) is 0 Å². The molecule has 0 amide bonds. The number of hydrogen-bond acceptors (Lipinski definition) is 3. The minimum atomic E-state index is -2.28. The lowest BCUT2D eigenvalue weighted by atomic mass is 10.5. The fourth-order valence-corrected chi connectivity index (χ4v) is 0.800. The van der Waals surface area contributed by atoms with Crippen molar-refractivity contribution in [3.05, 3.63) is 24.4 Å². The lowest BCUT2D eigenvalue weighted by molar-refractivity contribution is 0.542. The van der Waals surface area contributed by atoms with Gasteiger partial charge < -0.3 is 9.27 Å². The molecule has 0 saturated heterocycles. The summed E-state index contributed by atoms with van der Waals surface area (Å²) in [7, 11) is 0. The number of aromatic nitrogens is 1. The molecule has 0 fully saturated rings. The van der Waals surface area contributed by atoms with Gasteiger partial charge in [-0.3, -0.25) is 4.21 Å². The van der Waals surface area contributed by atoms with Crippen molar-refractivity contribution in [3.63, 3.8) is 0 Å². The van der Waals surface area contributed by atoms with Gasteiger partial charge in [-0.25, -0.2) is 4.98 Å². The highest BCUT2D eigenvalue weighted by Crippen LogP contribution is 1.98. The maximum atomic E-state index is 10.0. The number of nitrogens with zero attached hydrogens (tertiary/aromatic N) is 1. The number of pyridine rings is 1. The standard InChI is InChI=1S/C5H6N2O2S/c8-10(9)7-5-3-1-2-4-6-5/h1-4H,(H,6,7)(H,8,9)/p-1. The molecule has 1 aromatic heterocycles. The summed E-state index contributed by atoms with van der Waals surface area (Å²) < 4.78 is 22.1. The average Bonchev–Trinajstić information content (AvgIpc) is 1.88. The molecule has 10 heavy (non-hydrogen) atoms. The second-order valence-electron chi connectivity index (χ2n) is 1.55. The van der Waals surface area contributed by atoms with E-state index >= 15 is 0 Å². The Kier molecular flexibility index (Phi) is 2.35. The van der Waals surface area contributed by atoms with E-state index in [1.165, 1.54) is 6.20 Å². The molecule has 0 radical (unpaired) electrons. The van der Waals surface area contributed by atoms with Crippen LogP contribution in [-0.2, 0) is 11.3 Å². The maximum Gasteiger partial charge on any atom is 0.136 e. The highest BCUT2D eigenvalue weighted by atomic mass is 32.2. The van der Waals surface area contributed by atoms with E-state index in [4.69, 9.17) is 0 Å². The molecule has 5 heteroatoms. The monoisotopic (exact) mass is 157 g/mol. The molecule has 0 aliphatic heterocycles. The minimum absolute atomic E-state index is 0.329. The summed E-state index contributed by atoms with van der Waals surface area (Å²) in [5, 5.41) is 0. The molecule has 0 aromatic carbocycles. The number of nitrogens with one attached hydrogen (secondary N) is 1. The van der Waals surface area contributed by atoms with Crippen LogP contribution in [0.15, 0.2) is 24.4 Å². The van der Waals surface area contributed by atoms with Crippen molar-refractivity contribution in [1.29, 1.82) is 0 Å². The minimum Gasteiger partial charge on any atom is -0.755 e. The molecule has 1 heterocycles. The van der Waals surface area contributed by atoms with E-state index in [1.54, 1.807) is 18.2 Å². The van der Waals surface area contributed by atoms with Gasteiger partial charge in [-0.2, -0.15) is 0 Å². The first-order valence-electron chi connectivity index (χ1n) is 2.56. The molecule has 1 aromatic rings. The topological polar surface area (TPSA) is 65.0 Å². The largest absolute Gasteiger partial charge is 0.755 e. The summed E-state index contributed by atoms with van der Waals surface area (Å²) in [6.45, 7) is 0. The first-order chi connectivity index (χ1) is 4.79. The van der Waals surface area contributed by atoms with Crippen molar-refractivity contribution in [3.8, 4) is 0 Å². The van der Waals surface area contributed by atoms with Crippen LogP contribution in [-0.4, -0.2) is 13.7 Å². The van der Waals surface area contributed by atoms with Crippen LogP contribution in [0.1, 0.15) is 0 Å². The summed E-state index contributed by atoms with van der Waals surface area (Å²) in [5.74, 6) is 0.329. The predicted molar refractivity (Wildman–Crippen MR) is 36.8 cm³/mol. The normalized spacial score (nSPS) is 12.5. The molecule has 1 rings (SSSR count). The van der Waals surface area contributed by atoms with Gasteiger partial charge in [0.1, 0.15) is 5.82 Å². The third kappa shape index (κ3) is 2.12. The zero-order valence-corrected chi connectivity index (χ0v) is 5.80. The van der Waals surface area contributed by atoms with Crippen LogP contribution in [0, 0.1) is 0 Å². The molecule has 4 nitrogen and oxygen atoms in total. The summed E-state index contributed by atoms with van der Waals surface area (Å²) in [6, 6.07) is 4.97. The van der Waals surface area contributed by atoms with Gasteiger partial charge in [0, 0.05) is 17.5 Å². The number of hydrogen-bond donors (Lipinski definition) is 1. The summed E-state index contributed by atoms with van der Waals surface area (Å²) >= 11 is -2.28. The fourth-order valence-electron chi connectivity index (χ4n) is 0.509. The van der Waals surface area contributed by atoms with Gasteiger partial charge in [0.25, 0.3) is 0 Å². The molecule has 54 valence electrons. The van der Waals surface area contributed by atoms with E-state index in [0.29, 0.717) is 5.82 Å². The Balaban J connectivity index is 2.67. The quantitative estimate of drug-likeness (QED) is 0.627. The summed E-state index contributed by atoms with van der Waals surface area (Å²) in [6.07, 6.45) is 1.51. The molecule has 1 N–H and O–H groups in total. The van der Waals surface area contributed by atoms with Crippen molar-refractivity contribution in [2.45, 2.75) is 0 Å². The van der Waals surface area contributed by atoms with Crippen molar-refractivity contribution in [2.75, 3.05) is 4.72 Å². The van der Waals surface area contributed by atoms with Gasteiger partial charge in [-0.05, 0) is 12.1 Å². The smallest absolute Gasteiger partial charge is 0.136 e. The van der Waals surface area contributed by atoms with E-state index in [2.05, 4.69) is 9.71 Å². The lowest BCUT2D eigenvalue weighted by Crippen LogP contribution is -2.03. The van der Waals surface area contributed by atoms with Gasteiger partial charge >= 0.3 is 0 Å². The average molecular weight is 157 g/mol. The predicted octanol–water partition coefficient (Wildman–Crippen LogP) is 0.288. The van der Waals surface area contributed by atoms with Gasteiger partial charge in [-0.15, -0.1) is 0 Å². The summed E-state index contributed by atoms with van der Waals surface area (Å²) in [5.41, 5.74) is 0. The number of anilines is 1. The van der Waals surface area contributed by atoms with Crippen LogP contribution in [0.3, 0.4) is 0 Å². The van der Waals surface area contributed by atoms with E-state index in [-0.39, 0.29) is 0 Å². The first kappa shape index (κ1) is 7.17. The molecule has 0 saturated carbocycles. The Labute approximate surface area is 60.7 Å². The Bertz CT molecular complexity index is 226. The Morgan fingerprint density at radius 3 is 2.90 bits per heavy atom. The van der Waals surface area contributed by atoms with Crippen molar-refractivity contribution in [1.82, 2.24) is 4.98 Å². The van der Waals surface area contributed by atoms with Gasteiger partial charge in [0.05, 0.1) is 0 Å². The fraction of sp³-hybridized carbons (Fsp3) is 0. The zero-order chi connectivity index (χ0) is 7.40. The third-order valence-electron chi connectivity index (χ3n) is 0.853. The first-order valence-corrected chi connectivity index (χ1v) is 3.63. The molecule has 0 aliphatic carbocycles. The Morgan fingerprint density at radius 2 is 2.40 bits per heavy atom. The molecule has 1 atom stereocenters. The maximum absolute atomic E-state index is 10.0. The Morgan fingerprint density at radius 1 is 1.60 bits per heavy atom.